The van der Waals surface area contributed by atoms with Crippen LogP contribution in [0.25, 0.3) is 0 Å². The molecule has 0 aliphatic carbocycles. The Kier molecular flexibility index (Phi) is 5.06. The zero-order chi connectivity index (χ0) is 15.9. The average Bonchev–Trinajstić information content (AvgIpc) is 2.62. The maximum atomic E-state index is 12.1. The molecule has 1 aromatic heterocycles. The summed E-state index contributed by atoms with van der Waals surface area (Å²) in [5.41, 5.74) is 2.79. The van der Waals surface area contributed by atoms with Gasteiger partial charge < -0.3 is 20.3 Å². The number of para-hydroxylation sites is 2. The predicted octanol–water partition coefficient (Wildman–Crippen LogP) is 2.24. The van der Waals surface area contributed by atoms with E-state index >= 15 is 0 Å². The summed E-state index contributed by atoms with van der Waals surface area (Å²) in [6, 6.07) is 11.4. The lowest BCUT2D eigenvalue weighted by molar-refractivity contribution is 0.123. The minimum absolute atomic E-state index is 0.227. The van der Waals surface area contributed by atoms with Crippen LogP contribution in [0.2, 0.25) is 0 Å². The van der Waals surface area contributed by atoms with Crippen LogP contribution in [-0.2, 0) is 11.3 Å². The second kappa shape index (κ2) is 7.60. The molecular formula is C17H20N4O2. The van der Waals surface area contributed by atoms with Crippen LogP contribution in [0.5, 0.6) is 0 Å². The van der Waals surface area contributed by atoms with E-state index in [2.05, 4.69) is 20.5 Å². The number of hydrogen-bond donors (Lipinski definition) is 2. The Morgan fingerprint density at radius 1 is 1.17 bits per heavy atom. The van der Waals surface area contributed by atoms with E-state index in [1.165, 1.54) is 0 Å². The van der Waals surface area contributed by atoms with E-state index < -0.39 is 0 Å². The molecule has 1 aromatic carbocycles. The molecule has 6 heteroatoms. The molecule has 0 saturated carbocycles. The van der Waals surface area contributed by atoms with Crippen LogP contribution in [-0.4, -0.2) is 37.3 Å². The molecule has 1 aliphatic heterocycles. The Morgan fingerprint density at radius 2 is 2.00 bits per heavy atom. The number of anilines is 2. The minimum atomic E-state index is -0.227. The number of aromatic nitrogens is 1. The van der Waals surface area contributed by atoms with Gasteiger partial charge in [0, 0.05) is 32.0 Å². The smallest absolute Gasteiger partial charge is 0.319 e. The highest BCUT2D eigenvalue weighted by Crippen LogP contribution is 2.26. The van der Waals surface area contributed by atoms with Gasteiger partial charge in [0.2, 0.25) is 0 Å². The maximum absolute atomic E-state index is 12.1. The number of nitrogens with zero attached hydrogens (tertiary/aromatic N) is 2. The number of carbonyl (C=O) groups is 1. The number of benzene rings is 1. The van der Waals surface area contributed by atoms with Crippen LogP contribution in [0.4, 0.5) is 16.2 Å². The van der Waals surface area contributed by atoms with E-state index in [1.54, 1.807) is 12.4 Å². The lowest BCUT2D eigenvalue weighted by Gasteiger charge is -2.30. The fourth-order valence-electron chi connectivity index (χ4n) is 2.51. The molecule has 120 valence electrons. The fraction of sp³-hybridized carbons (Fsp3) is 0.294. The summed E-state index contributed by atoms with van der Waals surface area (Å²) in [6.45, 7) is 3.52. The number of urea groups is 1. The number of carbonyl (C=O) groups excluding carboxylic acids is 1. The Labute approximate surface area is 135 Å². The topological polar surface area (TPSA) is 66.5 Å². The summed E-state index contributed by atoms with van der Waals surface area (Å²) < 4.78 is 5.38. The standard InChI is InChI=1S/C17H20N4O2/c22-17(19-13-14-4-3-7-18-12-14)20-15-5-1-2-6-16(15)21-8-10-23-11-9-21/h1-7,12H,8-11,13H2,(H2,19,20,22). The molecule has 0 atom stereocenters. The molecule has 2 heterocycles. The van der Waals surface area contributed by atoms with Gasteiger partial charge in [-0.05, 0) is 23.8 Å². The summed E-state index contributed by atoms with van der Waals surface area (Å²) in [5, 5.41) is 5.77. The molecule has 0 bridgehead atoms. The van der Waals surface area contributed by atoms with Crippen molar-refractivity contribution in [2.75, 3.05) is 36.5 Å². The lowest BCUT2D eigenvalue weighted by Crippen LogP contribution is -2.37. The van der Waals surface area contributed by atoms with E-state index in [0.717, 1.165) is 30.0 Å². The van der Waals surface area contributed by atoms with Gasteiger partial charge in [-0.2, -0.15) is 0 Å². The van der Waals surface area contributed by atoms with E-state index in [4.69, 9.17) is 4.74 Å². The second-order valence-corrected chi connectivity index (χ2v) is 5.29. The molecular weight excluding hydrogens is 292 g/mol. The number of ether oxygens (including phenoxy) is 1. The highest BCUT2D eigenvalue weighted by molar-refractivity contribution is 5.93. The maximum Gasteiger partial charge on any atom is 0.319 e. The van der Waals surface area contributed by atoms with Crippen molar-refractivity contribution in [1.29, 1.82) is 0 Å². The molecule has 0 radical (unpaired) electrons. The van der Waals surface area contributed by atoms with Gasteiger partial charge in [0.1, 0.15) is 0 Å². The fourth-order valence-corrected chi connectivity index (χ4v) is 2.51. The Morgan fingerprint density at radius 3 is 2.78 bits per heavy atom. The molecule has 1 aliphatic rings. The van der Waals surface area contributed by atoms with E-state index in [-0.39, 0.29) is 6.03 Å². The lowest BCUT2D eigenvalue weighted by atomic mass is 10.2. The van der Waals surface area contributed by atoms with E-state index in [9.17, 15) is 4.79 Å². The molecule has 2 N–H and O–H groups in total. The van der Waals surface area contributed by atoms with Gasteiger partial charge in [0.15, 0.2) is 0 Å². The number of hydrogen-bond acceptors (Lipinski definition) is 4. The highest BCUT2D eigenvalue weighted by Gasteiger charge is 2.15. The van der Waals surface area contributed by atoms with Gasteiger partial charge in [-0.25, -0.2) is 4.79 Å². The van der Waals surface area contributed by atoms with E-state index in [1.807, 2.05) is 36.4 Å². The van der Waals surface area contributed by atoms with Crippen LogP contribution in [0.3, 0.4) is 0 Å². The van der Waals surface area contributed by atoms with Crippen molar-refractivity contribution in [3.63, 3.8) is 0 Å². The molecule has 2 amide bonds. The van der Waals surface area contributed by atoms with Gasteiger partial charge in [0.05, 0.1) is 24.6 Å². The molecule has 23 heavy (non-hydrogen) atoms. The first kappa shape index (κ1) is 15.3. The number of rotatable bonds is 4. The first-order chi connectivity index (χ1) is 11.3. The first-order valence-electron chi connectivity index (χ1n) is 7.68. The quantitative estimate of drug-likeness (QED) is 0.908. The largest absolute Gasteiger partial charge is 0.378 e. The Balaban J connectivity index is 1.62. The van der Waals surface area contributed by atoms with Crippen LogP contribution < -0.4 is 15.5 Å². The first-order valence-corrected chi connectivity index (χ1v) is 7.68. The van der Waals surface area contributed by atoms with Crippen molar-refractivity contribution in [3.8, 4) is 0 Å². The normalized spacial score (nSPS) is 14.3. The third kappa shape index (κ3) is 4.20. The average molecular weight is 312 g/mol. The third-order valence-corrected chi connectivity index (χ3v) is 3.68. The summed E-state index contributed by atoms with van der Waals surface area (Å²) in [4.78, 5) is 18.4. The van der Waals surface area contributed by atoms with Crippen molar-refractivity contribution in [1.82, 2.24) is 10.3 Å². The molecule has 0 unspecified atom stereocenters. The summed E-state index contributed by atoms with van der Waals surface area (Å²) in [5.74, 6) is 0. The predicted molar refractivity (Wildman–Crippen MR) is 89.6 cm³/mol. The number of morpholine rings is 1. The van der Waals surface area contributed by atoms with Crippen molar-refractivity contribution in [2.45, 2.75) is 6.54 Å². The molecule has 1 saturated heterocycles. The van der Waals surface area contributed by atoms with Crippen LogP contribution in [0, 0.1) is 0 Å². The van der Waals surface area contributed by atoms with Crippen LogP contribution >= 0.6 is 0 Å². The zero-order valence-electron chi connectivity index (χ0n) is 12.9. The minimum Gasteiger partial charge on any atom is -0.378 e. The zero-order valence-corrected chi connectivity index (χ0v) is 12.9. The Hall–Kier alpha value is -2.60. The second-order valence-electron chi connectivity index (χ2n) is 5.29. The molecule has 3 rings (SSSR count). The Bertz CT molecular complexity index is 642. The van der Waals surface area contributed by atoms with Gasteiger partial charge in [-0.1, -0.05) is 18.2 Å². The van der Waals surface area contributed by atoms with Crippen molar-refractivity contribution >= 4 is 17.4 Å². The van der Waals surface area contributed by atoms with Crippen LogP contribution in [0.1, 0.15) is 5.56 Å². The number of nitrogens with one attached hydrogen (secondary N) is 2. The van der Waals surface area contributed by atoms with Crippen molar-refractivity contribution in [3.05, 3.63) is 54.4 Å². The summed E-state index contributed by atoms with van der Waals surface area (Å²) in [7, 11) is 0. The SMILES string of the molecule is O=C(NCc1cccnc1)Nc1ccccc1N1CCOCC1. The number of amides is 2. The van der Waals surface area contributed by atoms with Gasteiger partial charge in [-0.3, -0.25) is 4.98 Å². The molecule has 2 aromatic rings. The van der Waals surface area contributed by atoms with Crippen molar-refractivity contribution < 1.29 is 9.53 Å². The van der Waals surface area contributed by atoms with E-state index in [0.29, 0.717) is 19.8 Å². The third-order valence-electron chi connectivity index (χ3n) is 3.68. The van der Waals surface area contributed by atoms with Gasteiger partial charge >= 0.3 is 6.03 Å². The molecule has 0 spiro atoms. The molecule has 1 fully saturated rings. The molecule has 6 nitrogen and oxygen atoms in total. The monoisotopic (exact) mass is 312 g/mol. The highest BCUT2D eigenvalue weighted by atomic mass is 16.5. The van der Waals surface area contributed by atoms with Crippen molar-refractivity contribution in [2.24, 2.45) is 0 Å². The van der Waals surface area contributed by atoms with Gasteiger partial charge in [-0.15, -0.1) is 0 Å². The summed E-state index contributed by atoms with van der Waals surface area (Å²) in [6.07, 6.45) is 3.45. The summed E-state index contributed by atoms with van der Waals surface area (Å²) >= 11 is 0. The van der Waals surface area contributed by atoms with Crippen LogP contribution in [0.15, 0.2) is 48.8 Å². The van der Waals surface area contributed by atoms with Gasteiger partial charge in [0.25, 0.3) is 0 Å². The number of pyridine rings is 1.